The zero-order valence-corrected chi connectivity index (χ0v) is 17.9. The van der Waals surface area contributed by atoms with E-state index in [1.807, 2.05) is 0 Å². The number of anilines is 1. The molecule has 0 unspecified atom stereocenters. The first-order valence-corrected chi connectivity index (χ1v) is 11.3. The number of thioether (sulfide) groups is 1. The number of amides is 1. The summed E-state index contributed by atoms with van der Waals surface area (Å²) < 4.78 is 33.5. The number of aromatic nitrogens is 2. The van der Waals surface area contributed by atoms with E-state index in [1.165, 1.54) is 17.8 Å². The molecule has 0 saturated carbocycles. The summed E-state index contributed by atoms with van der Waals surface area (Å²) in [6.07, 6.45) is 2.60. The number of fused-ring (bicyclic) bond motifs is 1. The first kappa shape index (κ1) is 21.9. The molecule has 2 aliphatic rings. The van der Waals surface area contributed by atoms with Gasteiger partial charge in [-0.15, -0.1) is 0 Å². The van der Waals surface area contributed by atoms with Crippen molar-refractivity contribution < 1.29 is 18.3 Å². The van der Waals surface area contributed by atoms with Gasteiger partial charge in [-0.3, -0.25) is 14.3 Å². The summed E-state index contributed by atoms with van der Waals surface area (Å²) in [7, 11) is 0. The largest absolute Gasteiger partial charge is 0.379 e. The average molecular weight is 451 g/mol. The number of carbonyl (C=O) groups is 1. The predicted molar refractivity (Wildman–Crippen MR) is 113 cm³/mol. The molecular formula is C21H24F2N4O3S. The third-order valence-electron chi connectivity index (χ3n) is 5.49. The van der Waals surface area contributed by atoms with Crippen LogP contribution in [0.4, 0.5) is 14.5 Å². The average Bonchev–Trinajstić information content (AvgIpc) is 3.25. The Morgan fingerprint density at radius 3 is 2.74 bits per heavy atom. The van der Waals surface area contributed by atoms with Crippen LogP contribution in [0.15, 0.2) is 28.0 Å². The lowest BCUT2D eigenvalue weighted by molar-refractivity contribution is -0.113. The van der Waals surface area contributed by atoms with Crippen molar-refractivity contribution in [2.45, 2.75) is 30.8 Å². The fraction of sp³-hybridized carbons (Fsp3) is 0.476. The second-order valence-corrected chi connectivity index (χ2v) is 8.51. The van der Waals surface area contributed by atoms with Crippen LogP contribution >= 0.6 is 11.8 Å². The predicted octanol–water partition coefficient (Wildman–Crippen LogP) is 2.07. The molecule has 1 N–H and O–H groups in total. The summed E-state index contributed by atoms with van der Waals surface area (Å²) in [5.41, 5.74) is 1.93. The lowest BCUT2D eigenvalue weighted by Crippen LogP contribution is -2.40. The smallest absolute Gasteiger partial charge is 0.348 e. The highest BCUT2D eigenvalue weighted by molar-refractivity contribution is 8.00. The van der Waals surface area contributed by atoms with Gasteiger partial charge >= 0.3 is 5.69 Å². The number of rotatable bonds is 7. The first-order chi connectivity index (χ1) is 15.0. The fourth-order valence-corrected chi connectivity index (χ4v) is 4.78. The van der Waals surface area contributed by atoms with Gasteiger partial charge in [0.2, 0.25) is 5.91 Å². The topological polar surface area (TPSA) is 76.5 Å². The molecule has 166 valence electrons. The highest BCUT2D eigenvalue weighted by Gasteiger charge is 2.23. The molecule has 31 heavy (non-hydrogen) atoms. The van der Waals surface area contributed by atoms with Crippen LogP contribution in [0.1, 0.15) is 17.7 Å². The Labute approximate surface area is 182 Å². The summed E-state index contributed by atoms with van der Waals surface area (Å²) in [4.78, 5) is 31.5. The molecule has 0 radical (unpaired) electrons. The van der Waals surface area contributed by atoms with Gasteiger partial charge in [0.05, 0.1) is 19.0 Å². The highest BCUT2D eigenvalue weighted by atomic mass is 32.2. The van der Waals surface area contributed by atoms with Gasteiger partial charge < -0.3 is 10.1 Å². The van der Waals surface area contributed by atoms with Crippen LogP contribution in [-0.2, 0) is 28.9 Å². The second kappa shape index (κ2) is 9.88. The molecule has 1 aliphatic carbocycles. The third kappa shape index (κ3) is 5.31. The van der Waals surface area contributed by atoms with E-state index in [0.717, 1.165) is 62.3 Å². The fourth-order valence-electron chi connectivity index (χ4n) is 3.91. The molecule has 0 bridgehead atoms. The number of carbonyl (C=O) groups excluding carboxylic acids is 1. The highest BCUT2D eigenvalue weighted by Crippen LogP contribution is 2.29. The van der Waals surface area contributed by atoms with Crippen molar-refractivity contribution in [2.24, 2.45) is 0 Å². The van der Waals surface area contributed by atoms with Crippen molar-refractivity contribution in [2.75, 3.05) is 43.9 Å². The second-order valence-electron chi connectivity index (χ2n) is 7.55. The molecule has 0 spiro atoms. The molecule has 1 aliphatic heterocycles. The Morgan fingerprint density at radius 1 is 1.16 bits per heavy atom. The van der Waals surface area contributed by atoms with Gasteiger partial charge in [0.15, 0.2) is 11.6 Å². The number of ether oxygens (including phenoxy) is 1. The van der Waals surface area contributed by atoms with E-state index < -0.39 is 11.6 Å². The summed E-state index contributed by atoms with van der Waals surface area (Å²) in [6.45, 7) is 4.54. The number of nitrogens with zero attached hydrogens (tertiary/aromatic N) is 3. The minimum absolute atomic E-state index is 0.0235. The summed E-state index contributed by atoms with van der Waals surface area (Å²) >= 11 is 1.20. The van der Waals surface area contributed by atoms with E-state index in [-0.39, 0.29) is 23.0 Å². The van der Waals surface area contributed by atoms with E-state index in [0.29, 0.717) is 24.8 Å². The number of hydrogen-bond acceptors (Lipinski definition) is 6. The van der Waals surface area contributed by atoms with Gasteiger partial charge in [0.1, 0.15) is 5.03 Å². The third-order valence-corrected chi connectivity index (χ3v) is 6.51. The number of morpholine rings is 1. The molecule has 2 aromatic rings. The molecule has 1 fully saturated rings. The zero-order chi connectivity index (χ0) is 21.8. The number of hydrogen-bond donors (Lipinski definition) is 1. The first-order valence-electron chi connectivity index (χ1n) is 10.3. The summed E-state index contributed by atoms with van der Waals surface area (Å²) in [5, 5.41) is 3.12. The van der Waals surface area contributed by atoms with Crippen LogP contribution in [0.2, 0.25) is 0 Å². The Hall–Kier alpha value is -2.30. The van der Waals surface area contributed by atoms with E-state index in [2.05, 4.69) is 15.2 Å². The SMILES string of the molecule is O=C(CSc1nc(=O)n(CCN2CCOCC2)c2c1CCC2)Nc1ccc(F)c(F)c1. The van der Waals surface area contributed by atoms with Gasteiger partial charge in [0, 0.05) is 49.2 Å². The van der Waals surface area contributed by atoms with Gasteiger partial charge in [-0.05, 0) is 31.4 Å². The van der Waals surface area contributed by atoms with Gasteiger partial charge in [-0.25, -0.2) is 13.6 Å². The molecule has 10 heteroatoms. The lowest BCUT2D eigenvalue weighted by atomic mass is 10.2. The van der Waals surface area contributed by atoms with Crippen LogP contribution < -0.4 is 11.0 Å². The van der Waals surface area contributed by atoms with Crippen LogP contribution in [0.5, 0.6) is 0 Å². The van der Waals surface area contributed by atoms with E-state index in [9.17, 15) is 18.4 Å². The molecule has 0 atom stereocenters. The molecule has 1 aromatic carbocycles. The number of nitrogens with one attached hydrogen (secondary N) is 1. The minimum Gasteiger partial charge on any atom is -0.379 e. The zero-order valence-electron chi connectivity index (χ0n) is 17.0. The minimum atomic E-state index is -1.02. The van der Waals surface area contributed by atoms with Gasteiger partial charge in [-0.2, -0.15) is 4.98 Å². The molecular weight excluding hydrogens is 426 g/mol. The number of halogens is 2. The standard InChI is InChI=1S/C21H24F2N4O3S/c22-16-5-4-14(12-17(16)23)24-19(28)13-31-20-15-2-1-3-18(15)27(21(29)25-20)7-6-26-8-10-30-11-9-26/h4-5,12H,1-3,6-11,13H2,(H,24,28). The van der Waals surface area contributed by atoms with E-state index in [4.69, 9.17) is 4.74 Å². The number of benzene rings is 1. The molecule has 1 saturated heterocycles. The van der Waals surface area contributed by atoms with Crippen molar-refractivity contribution >= 4 is 23.4 Å². The molecule has 7 nitrogen and oxygen atoms in total. The Bertz CT molecular complexity index is 1020. The maximum Gasteiger partial charge on any atom is 0.348 e. The van der Waals surface area contributed by atoms with E-state index >= 15 is 0 Å². The van der Waals surface area contributed by atoms with Gasteiger partial charge in [0.25, 0.3) is 0 Å². The van der Waals surface area contributed by atoms with Crippen molar-refractivity contribution in [3.05, 3.63) is 51.6 Å². The van der Waals surface area contributed by atoms with Crippen molar-refractivity contribution in [3.8, 4) is 0 Å². The molecule has 1 amide bonds. The Morgan fingerprint density at radius 2 is 1.97 bits per heavy atom. The maximum absolute atomic E-state index is 13.3. The van der Waals surface area contributed by atoms with Crippen molar-refractivity contribution in [3.63, 3.8) is 0 Å². The molecule has 1 aromatic heterocycles. The quantitative estimate of drug-likeness (QED) is 0.514. The molecule has 2 heterocycles. The van der Waals surface area contributed by atoms with Crippen LogP contribution in [-0.4, -0.2) is 59.0 Å². The van der Waals surface area contributed by atoms with E-state index in [1.54, 1.807) is 4.57 Å². The van der Waals surface area contributed by atoms with Crippen LogP contribution in [0.25, 0.3) is 0 Å². The Kier molecular flexibility index (Phi) is 6.99. The van der Waals surface area contributed by atoms with Gasteiger partial charge in [-0.1, -0.05) is 11.8 Å². The van der Waals surface area contributed by atoms with Crippen molar-refractivity contribution in [1.82, 2.24) is 14.5 Å². The van der Waals surface area contributed by atoms with Crippen LogP contribution in [0, 0.1) is 11.6 Å². The maximum atomic E-state index is 13.3. The lowest BCUT2D eigenvalue weighted by Gasteiger charge is -2.27. The molecule has 4 rings (SSSR count). The van der Waals surface area contributed by atoms with Crippen LogP contribution in [0.3, 0.4) is 0 Å². The summed E-state index contributed by atoms with van der Waals surface area (Å²) in [5.74, 6) is -2.34. The van der Waals surface area contributed by atoms with Crippen molar-refractivity contribution in [1.29, 1.82) is 0 Å². The Balaban J connectivity index is 1.41. The summed E-state index contributed by atoms with van der Waals surface area (Å²) in [6, 6.07) is 3.19. The monoisotopic (exact) mass is 450 g/mol. The normalized spacial score (nSPS) is 16.3.